The molecule has 0 atom stereocenters. The van der Waals surface area contributed by atoms with E-state index >= 15 is 0 Å². The van der Waals surface area contributed by atoms with Crippen LogP contribution in [0.3, 0.4) is 0 Å². The molecule has 1 heterocycles. The van der Waals surface area contributed by atoms with E-state index in [1.807, 2.05) is 6.07 Å². The number of benzene rings is 2. The summed E-state index contributed by atoms with van der Waals surface area (Å²) >= 11 is 0. The molecule has 1 amide bonds. The van der Waals surface area contributed by atoms with Gasteiger partial charge in [-0.15, -0.1) is 0 Å². The van der Waals surface area contributed by atoms with Crippen LogP contribution >= 0.6 is 0 Å². The molecule has 0 aliphatic carbocycles. The fourth-order valence-corrected chi connectivity index (χ4v) is 5.05. The first-order valence-electron chi connectivity index (χ1n) is 9.67. The number of nitrogens with one attached hydrogen (secondary N) is 2. The number of aryl methyl sites for hydroxylation is 2. The van der Waals surface area contributed by atoms with Gasteiger partial charge in [-0.05, 0) is 55.3 Å². The molecule has 1 aromatic heterocycles. The van der Waals surface area contributed by atoms with Crippen molar-refractivity contribution >= 4 is 37.1 Å². The summed E-state index contributed by atoms with van der Waals surface area (Å²) in [5, 5.41) is 2.57. The number of amides is 1. The number of hydrogen-bond donors (Lipinski definition) is 2. The number of nitrogens with zero attached hydrogens (tertiary/aromatic N) is 1. The Kier molecular flexibility index (Phi) is 6.75. The molecule has 0 saturated heterocycles. The first-order chi connectivity index (χ1) is 15.4. The topological polar surface area (TPSA) is 132 Å². The Morgan fingerprint density at radius 2 is 1.58 bits per heavy atom. The van der Waals surface area contributed by atoms with E-state index in [9.17, 15) is 21.6 Å². The van der Waals surface area contributed by atoms with Crippen LogP contribution in [0.2, 0.25) is 0 Å². The van der Waals surface area contributed by atoms with Crippen LogP contribution < -0.4 is 14.8 Å². The van der Waals surface area contributed by atoms with Gasteiger partial charge in [-0.2, -0.15) is 0 Å². The number of carbonyl (C=O) groups excluding carboxylic acids is 1. The number of rotatable bonds is 7. The molecule has 33 heavy (non-hydrogen) atoms. The van der Waals surface area contributed by atoms with Crippen LogP contribution in [0.4, 0.5) is 11.4 Å². The van der Waals surface area contributed by atoms with Gasteiger partial charge in [0.2, 0.25) is 5.88 Å². The van der Waals surface area contributed by atoms with Crippen molar-refractivity contribution in [3.05, 3.63) is 71.4 Å². The summed E-state index contributed by atoms with van der Waals surface area (Å²) in [4.78, 5) is 16.4. The van der Waals surface area contributed by atoms with E-state index in [1.54, 1.807) is 26.0 Å². The molecule has 174 valence electrons. The first kappa shape index (κ1) is 24.2. The number of hydrogen-bond acceptors (Lipinski definition) is 7. The van der Waals surface area contributed by atoms with E-state index in [0.29, 0.717) is 5.69 Å². The molecule has 0 radical (unpaired) electrons. The number of aromatic nitrogens is 1. The lowest BCUT2D eigenvalue weighted by atomic mass is 10.1. The summed E-state index contributed by atoms with van der Waals surface area (Å²) in [6, 6.07) is 12.0. The minimum Gasteiger partial charge on any atom is -0.480 e. The van der Waals surface area contributed by atoms with Crippen LogP contribution in [0.15, 0.2) is 64.5 Å². The fraction of sp³-hybridized carbons (Fsp3) is 0.182. The Balaban J connectivity index is 1.91. The predicted molar refractivity (Wildman–Crippen MR) is 125 cm³/mol. The monoisotopic (exact) mass is 489 g/mol. The normalized spacial score (nSPS) is 11.6. The standard InChI is InChI=1S/C22H23N3O6S2/c1-14-6-5-7-15(2)20(14)25-33(29,30)19-12-17(13-23-22(19)31-3)24-21(26)16-8-10-18(11-9-16)32(4,27)28/h5-13,25H,1-4H3,(H,24,26). The van der Waals surface area contributed by atoms with Gasteiger partial charge in [0.25, 0.3) is 15.9 Å². The van der Waals surface area contributed by atoms with Gasteiger partial charge >= 0.3 is 0 Å². The molecule has 3 rings (SSSR count). The van der Waals surface area contributed by atoms with Crippen molar-refractivity contribution in [1.82, 2.24) is 4.98 Å². The van der Waals surface area contributed by atoms with Crippen LogP contribution in [0.5, 0.6) is 5.88 Å². The molecule has 11 heteroatoms. The number of carbonyl (C=O) groups is 1. The van der Waals surface area contributed by atoms with Crippen molar-refractivity contribution < 1.29 is 26.4 Å². The second-order valence-corrected chi connectivity index (χ2v) is 11.0. The van der Waals surface area contributed by atoms with Gasteiger partial charge < -0.3 is 10.1 Å². The third kappa shape index (κ3) is 5.49. The van der Waals surface area contributed by atoms with Crippen LogP contribution in [0, 0.1) is 13.8 Å². The van der Waals surface area contributed by atoms with Crippen molar-refractivity contribution in [3.63, 3.8) is 0 Å². The van der Waals surface area contributed by atoms with Crippen LogP contribution in [-0.4, -0.2) is 41.1 Å². The molecule has 0 unspecified atom stereocenters. The van der Waals surface area contributed by atoms with Gasteiger partial charge in [0.05, 0.1) is 29.6 Å². The Morgan fingerprint density at radius 3 is 2.12 bits per heavy atom. The highest BCUT2D eigenvalue weighted by molar-refractivity contribution is 7.92. The highest BCUT2D eigenvalue weighted by atomic mass is 32.2. The maximum atomic E-state index is 13.1. The largest absolute Gasteiger partial charge is 0.480 e. The molecule has 0 fully saturated rings. The minimum absolute atomic E-state index is 0.0797. The van der Waals surface area contributed by atoms with Crippen molar-refractivity contribution in [3.8, 4) is 5.88 Å². The molecule has 2 N–H and O–H groups in total. The molecule has 0 aliphatic heterocycles. The van der Waals surface area contributed by atoms with E-state index in [0.717, 1.165) is 17.4 Å². The third-order valence-electron chi connectivity index (χ3n) is 4.82. The molecule has 0 bridgehead atoms. The summed E-state index contributed by atoms with van der Waals surface area (Å²) in [5.41, 5.74) is 2.24. The lowest BCUT2D eigenvalue weighted by Crippen LogP contribution is -2.18. The molecule has 2 aromatic carbocycles. The minimum atomic E-state index is -4.10. The first-order valence-corrected chi connectivity index (χ1v) is 13.0. The highest BCUT2D eigenvalue weighted by Crippen LogP contribution is 2.29. The van der Waals surface area contributed by atoms with Crippen molar-refractivity contribution in [1.29, 1.82) is 0 Å². The molecule has 0 saturated carbocycles. The molecule has 3 aromatic rings. The Bertz CT molecular complexity index is 1400. The zero-order valence-electron chi connectivity index (χ0n) is 18.4. The van der Waals surface area contributed by atoms with Gasteiger partial charge in [-0.1, -0.05) is 18.2 Å². The maximum absolute atomic E-state index is 13.1. The fourth-order valence-electron chi connectivity index (χ4n) is 3.07. The lowest BCUT2D eigenvalue weighted by Gasteiger charge is -2.15. The smallest absolute Gasteiger partial charge is 0.267 e. The lowest BCUT2D eigenvalue weighted by molar-refractivity contribution is 0.102. The van der Waals surface area contributed by atoms with E-state index < -0.39 is 25.8 Å². The number of methoxy groups -OCH3 is 1. The van der Waals surface area contributed by atoms with E-state index in [4.69, 9.17) is 4.74 Å². The van der Waals surface area contributed by atoms with Crippen LogP contribution in [0.25, 0.3) is 0 Å². The van der Waals surface area contributed by atoms with Crippen LogP contribution in [0.1, 0.15) is 21.5 Å². The van der Waals surface area contributed by atoms with E-state index in [1.165, 1.54) is 43.6 Å². The molecule has 0 spiro atoms. The molecule has 0 aliphatic rings. The number of sulfonamides is 1. The van der Waals surface area contributed by atoms with E-state index in [-0.39, 0.29) is 26.9 Å². The average molecular weight is 490 g/mol. The van der Waals surface area contributed by atoms with Crippen molar-refractivity contribution in [2.75, 3.05) is 23.4 Å². The summed E-state index contributed by atoms with van der Waals surface area (Å²) in [6.45, 7) is 3.57. The quantitative estimate of drug-likeness (QED) is 0.521. The second-order valence-electron chi connectivity index (χ2n) is 7.35. The average Bonchev–Trinajstić information content (AvgIpc) is 2.76. The van der Waals surface area contributed by atoms with Crippen molar-refractivity contribution in [2.24, 2.45) is 0 Å². The second kappa shape index (κ2) is 9.20. The number of anilines is 2. The van der Waals surface area contributed by atoms with Crippen molar-refractivity contribution in [2.45, 2.75) is 23.6 Å². The Labute approximate surface area is 192 Å². The zero-order valence-corrected chi connectivity index (χ0v) is 20.0. The molecule has 9 nitrogen and oxygen atoms in total. The molecular formula is C22H23N3O6S2. The summed E-state index contributed by atoms with van der Waals surface area (Å²) in [6.07, 6.45) is 2.33. The number of pyridine rings is 1. The predicted octanol–water partition coefficient (Wildman–Crippen LogP) is 3.16. The molecular weight excluding hydrogens is 466 g/mol. The number of para-hydroxylation sites is 1. The maximum Gasteiger partial charge on any atom is 0.267 e. The Hall–Kier alpha value is -3.44. The zero-order chi connectivity index (χ0) is 24.4. The third-order valence-corrected chi connectivity index (χ3v) is 7.29. The summed E-state index contributed by atoms with van der Waals surface area (Å²) in [7, 11) is -6.20. The summed E-state index contributed by atoms with van der Waals surface area (Å²) in [5.74, 6) is -0.697. The van der Waals surface area contributed by atoms with Gasteiger partial charge in [0, 0.05) is 11.8 Å². The van der Waals surface area contributed by atoms with Crippen LogP contribution in [-0.2, 0) is 19.9 Å². The summed E-state index contributed by atoms with van der Waals surface area (Å²) < 4.78 is 57.1. The number of sulfone groups is 1. The van der Waals surface area contributed by atoms with E-state index in [2.05, 4.69) is 15.0 Å². The Morgan fingerprint density at radius 1 is 0.970 bits per heavy atom. The van der Waals surface area contributed by atoms with Gasteiger partial charge in [0.1, 0.15) is 0 Å². The van der Waals surface area contributed by atoms with Gasteiger partial charge in [-0.3, -0.25) is 9.52 Å². The number of ether oxygens (including phenoxy) is 1. The highest BCUT2D eigenvalue weighted by Gasteiger charge is 2.23. The van der Waals surface area contributed by atoms with Gasteiger partial charge in [-0.25, -0.2) is 21.8 Å². The SMILES string of the molecule is COc1ncc(NC(=O)c2ccc(S(C)(=O)=O)cc2)cc1S(=O)(=O)Nc1c(C)cccc1C. The van der Waals surface area contributed by atoms with Gasteiger partial charge in [0.15, 0.2) is 14.7 Å².